The maximum Gasteiger partial charge on any atom is 0.268 e. The summed E-state index contributed by atoms with van der Waals surface area (Å²) in [6.07, 6.45) is 0. The van der Waals surface area contributed by atoms with E-state index in [0.29, 0.717) is 6.54 Å². The number of hydrogen-bond acceptors (Lipinski definition) is 3. The average molecular weight is 313 g/mol. The van der Waals surface area contributed by atoms with Gasteiger partial charge in [0.1, 0.15) is 5.75 Å². The van der Waals surface area contributed by atoms with Gasteiger partial charge in [0.05, 0.1) is 18.7 Å². The summed E-state index contributed by atoms with van der Waals surface area (Å²) >= 11 is 11.6. The van der Waals surface area contributed by atoms with Crippen LogP contribution in [0.2, 0.25) is 10.2 Å². The van der Waals surface area contributed by atoms with Gasteiger partial charge >= 0.3 is 0 Å². The van der Waals surface area contributed by atoms with Crippen molar-refractivity contribution in [3.8, 4) is 5.75 Å². The number of hydrogen-bond donors (Lipinski definition) is 0. The van der Waals surface area contributed by atoms with Crippen molar-refractivity contribution < 1.29 is 4.74 Å². The number of benzene rings is 1. The number of methoxy groups -OCH3 is 1. The van der Waals surface area contributed by atoms with Crippen LogP contribution in [-0.4, -0.2) is 16.9 Å². The van der Waals surface area contributed by atoms with E-state index < -0.39 is 0 Å². The molecule has 0 atom stereocenters. The molecular formula is C14H14Cl2N2O2. The van der Waals surface area contributed by atoms with Crippen LogP contribution < -0.4 is 10.3 Å². The third-order valence-corrected chi connectivity index (χ3v) is 3.88. The highest BCUT2D eigenvalue weighted by atomic mass is 35.5. The first-order chi connectivity index (χ1) is 9.43. The molecule has 0 spiro atoms. The molecule has 2 aromatic rings. The third-order valence-electron chi connectivity index (χ3n) is 3.22. The first kappa shape index (κ1) is 14.9. The molecule has 0 radical (unpaired) electrons. The molecule has 106 valence electrons. The van der Waals surface area contributed by atoms with Crippen molar-refractivity contribution in [2.45, 2.75) is 20.4 Å². The summed E-state index contributed by atoms with van der Waals surface area (Å²) in [5, 5.41) is 4.28. The summed E-state index contributed by atoms with van der Waals surface area (Å²) in [5.41, 5.74) is 2.73. The van der Waals surface area contributed by atoms with Gasteiger partial charge in [0, 0.05) is 6.07 Å². The molecule has 1 aromatic heterocycles. The van der Waals surface area contributed by atoms with Crippen LogP contribution in [0.3, 0.4) is 0 Å². The van der Waals surface area contributed by atoms with E-state index in [-0.39, 0.29) is 15.7 Å². The van der Waals surface area contributed by atoms with E-state index in [0.717, 1.165) is 22.4 Å². The van der Waals surface area contributed by atoms with Crippen LogP contribution in [0, 0.1) is 13.8 Å². The Labute approximate surface area is 126 Å². The topological polar surface area (TPSA) is 44.1 Å². The van der Waals surface area contributed by atoms with Gasteiger partial charge < -0.3 is 4.74 Å². The van der Waals surface area contributed by atoms with E-state index in [1.165, 1.54) is 10.7 Å². The average Bonchev–Trinajstić information content (AvgIpc) is 2.40. The second-order valence-corrected chi connectivity index (χ2v) is 5.23. The minimum absolute atomic E-state index is 0.115. The summed E-state index contributed by atoms with van der Waals surface area (Å²) in [7, 11) is 1.62. The highest BCUT2D eigenvalue weighted by molar-refractivity contribution is 6.41. The van der Waals surface area contributed by atoms with Crippen molar-refractivity contribution in [1.29, 1.82) is 0 Å². The summed E-state index contributed by atoms with van der Waals surface area (Å²) < 4.78 is 6.59. The fraction of sp³-hybridized carbons (Fsp3) is 0.286. The minimum atomic E-state index is -0.291. The number of halogens is 2. The highest BCUT2D eigenvalue weighted by Gasteiger charge is 2.11. The first-order valence-electron chi connectivity index (χ1n) is 6.00. The maximum absolute atomic E-state index is 11.9. The van der Waals surface area contributed by atoms with Crippen molar-refractivity contribution in [1.82, 2.24) is 9.78 Å². The van der Waals surface area contributed by atoms with Gasteiger partial charge in [0.25, 0.3) is 5.56 Å². The summed E-state index contributed by atoms with van der Waals surface area (Å²) in [4.78, 5) is 11.9. The van der Waals surface area contributed by atoms with E-state index in [1.807, 2.05) is 26.0 Å². The van der Waals surface area contributed by atoms with Gasteiger partial charge in [-0.1, -0.05) is 29.3 Å². The van der Waals surface area contributed by atoms with Crippen molar-refractivity contribution >= 4 is 23.2 Å². The zero-order valence-electron chi connectivity index (χ0n) is 11.4. The van der Waals surface area contributed by atoms with Crippen LogP contribution in [0.5, 0.6) is 5.75 Å². The highest BCUT2D eigenvalue weighted by Crippen LogP contribution is 2.25. The van der Waals surface area contributed by atoms with E-state index in [9.17, 15) is 4.79 Å². The second-order valence-electron chi connectivity index (χ2n) is 4.47. The molecule has 6 heteroatoms. The Hall–Kier alpha value is -1.52. The molecule has 0 fully saturated rings. The maximum atomic E-state index is 11.9. The van der Waals surface area contributed by atoms with E-state index in [1.54, 1.807) is 7.11 Å². The molecule has 0 aliphatic carbocycles. The largest absolute Gasteiger partial charge is 0.496 e. The minimum Gasteiger partial charge on any atom is -0.496 e. The van der Waals surface area contributed by atoms with Crippen LogP contribution >= 0.6 is 23.2 Å². The van der Waals surface area contributed by atoms with Gasteiger partial charge in [0.15, 0.2) is 5.15 Å². The Morgan fingerprint density at radius 2 is 2.00 bits per heavy atom. The van der Waals surface area contributed by atoms with E-state index in [2.05, 4.69) is 5.10 Å². The predicted octanol–water partition coefficient (Wildman–Crippen LogP) is 3.22. The lowest BCUT2D eigenvalue weighted by Crippen LogP contribution is -2.23. The van der Waals surface area contributed by atoms with Gasteiger partial charge in [0.2, 0.25) is 0 Å². The van der Waals surface area contributed by atoms with E-state index in [4.69, 9.17) is 27.9 Å². The smallest absolute Gasteiger partial charge is 0.268 e. The SMILES string of the molecule is COc1ccc(C)c(Cn2nc(Cl)c(Cl)cc2=O)c1C. The zero-order valence-corrected chi connectivity index (χ0v) is 12.9. The molecular weight excluding hydrogens is 299 g/mol. The molecule has 0 saturated carbocycles. The van der Waals surface area contributed by atoms with Crippen LogP contribution in [-0.2, 0) is 6.54 Å². The Kier molecular flexibility index (Phi) is 4.35. The summed E-state index contributed by atoms with van der Waals surface area (Å²) in [5.74, 6) is 0.777. The van der Waals surface area contributed by atoms with Crippen molar-refractivity contribution in [3.63, 3.8) is 0 Å². The molecule has 2 rings (SSSR count). The first-order valence-corrected chi connectivity index (χ1v) is 6.76. The van der Waals surface area contributed by atoms with Crippen molar-refractivity contribution in [2.24, 2.45) is 0 Å². The molecule has 4 nitrogen and oxygen atoms in total. The lowest BCUT2D eigenvalue weighted by molar-refractivity contribution is 0.410. The molecule has 20 heavy (non-hydrogen) atoms. The number of ether oxygens (including phenoxy) is 1. The van der Waals surface area contributed by atoms with Gasteiger partial charge in [-0.2, -0.15) is 5.10 Å². The van der Waals surface area contributed by atoms with Gasteiger partial charge in [-0.25, -0.2) is 4.68 Å². The monoisotopic (exact) mass is 312 g/mol. The van der Waals surface area contributed by atoms with Gasteiger partial charge in [-0.3, -0.25) is 4.79 Å². The van der Waals surface area contributed by atoms with Crippen molar-refractivity contribution in [2.75, 3.05) is 7.11 Å². The van der Waals surface area contributed by atoms with E-state index >= 15 is 0 Å². The molecule has 1 heterocycles. The number of nitrogens with zero attached hydrogens (tertiary/aromatic N) is 2. The molecule has 0 unspecified atom stereocenters. The molecule has 0 aliphatic rings. The third kappa shape index (κ3) is 2.81. The molecule has 0 amide bonds. The van der Waals surface area contributed by atoms with Crippen molar-refractivity contribution in [3.05, 3.63) is 55.4 Å². The zero-order chi connectivity index (χ0) is 14.9. The lowest BCUT2D eigenvalue weighted by atomic mass is 10.0. The number of rotatable bonds is 3. The predicted molar refractivity (Wildman–Crippen MR) is 80.1 cm³/mol. The number of aromatic nitrogens is 2. The standard InChI is InChI=1S/C14H14Cl2N2O2/c1-8-4-5-12(20-3)9(2)10(8)7-18-13(19)6-11(15)14(16)17-18/h4-6H,7H2,1-3H3. The summed E-state index contributed by atoms with van der Waals surface area (Å²) in [6, 6.07) is 5.12. The Morgan fingerprint density at radius 3 is 2.65 bits per heavy atom. The van der Waals surface area contributed by atoms with Crippen LogP contribution in [0.1, 0.15) is 16.7 Å². The normalized spacial score (nSPS) is 10.7. The Bertz CT molecular complexity index is 711. The molecule has 1 aromatic carbocycles. The van der Waals surface area contributed by atoms with Crippen LogP contribution in [0.15, 0.2) is 23.0 Å². The number of aryl methyl sites for hydroxylation is 1. The van der Waals surface area contributed by atoms with Gasteiger partial charge in [-0.05, 0) is 36.6 Å². The Balaban J connectivity index is 2.50. The van der Waals surface area contributed by atoms with Crippen LogP contribution in [0.4, 0.5) is 0 Å². The summed E-state index contributed by atoms with van der Waals surface area (Å²) in [6.45, 7) is 4.25. The lowest BCUT2D eigenvalue weighted by Gasteiger charge is -2.14. The molecule has 0 saturated heterocycles. The Morgan fingerprint density at radius 1 is 1.30 bits per heavy atom. The van der Waals surface area contributed by atoms with Crippen LogP contribution in [0.25, 0.3) is 0 Å². The molecule has 0 N–H and O–H groups in total. The fourth-order valence-electron chi connectivity index (χ4n) is 2.04. The quantitative estimate of drug-likeness (QED) is 0.874. The second kappa shape index (κ2) is 5.85. The fourth-order valence-corrected chi connectivity index (χ4v) is 2.32. The molecule has 0 aliphatic heterocycles. The van der Waals surface area contributed by atoms with Gasteiger partial charge in [-0.15, -0.1) is 0 Å². The molecule has 0 bridgehead atoms.